The first-order chi connectivity index (χ1) is 9.79. The van der Waals surface area contributed by atoms with Gasteiger partial charge in [-0.05, 0) is 30.3 Å². The average Bonchev–Trinajstić information content (AvgIpc) is 2.38. The lowest BCUT2D eigenvalue weighted by Gasteiger charge is -2.20. The van der Waals surface area contributed by atoms with Crippen LogP contribution in [-0.2, 0) is 6.18 Å². The summed E-state index contributed by atoms with van der Waals surface area (Å²) < 4.78 is 51.4. The first kappa shape index (κ1) is 14.8. The Morgan fingerprint density at radius 2 is 1.62 bits per heavy atom. The largest absolute Gasteiger partial charge is 0.464 e. The van der Waals surface area contributed by atoms with Crippen LogP contribution in [0.4, 0.5) is 33.7 Å². The lowest BCUT2D eigenvalue weighted by molar-refractivity contribution is -0.137. The summed E-state index contributed by atoms with van der Waals surface area (Å²) in [5, 5.41) is 9.19. The first-order valence-corrected chi connectivity index (χ1v) is 5.75. The van der Waals surface area contributed by atoms with Crippen molar-refractivity contribution in [3.05, 3.63) is 59.9 Å². The Kier molecular flexibility index (Phi) is 3.84. The molecule has 0 aromatic heterocycles. The van der Waals surface area contributed by atoms with Crippen molar-refractivity contribution in [1.29, 1.82) is 0 Å². The molecule has 2 aromatic rings. The maximum Gasteiger partial charge on any atom is 0.416 e. The average molecular weight is 299 g/mol. The van der Waals surface area contributed by atoms with Gasteiger partial charge in [0.25, 0.3) is 0 Å². The highest BCUT2D eigenvalue weighted by Crippen LogP contribution is 2.34. The van der Waals surface area contributed by atoms with E-state index in [0.717, 1.165) is 6.07 Å². The van der Waals surface area contributed by atoms with E-state index < -0.39 is 29.3 Å². The molecule has 1 N–H and O–H groups in total. The van der Waals surface area contributed by atoms with Gasteiger partial charge >= 0.3 is 12.3 Å². The van der Waals surface area contributed by atoms with Crippen LogP contribution < -0.4 is 4.90 Å². The van der Waals surface area contributed by atoms with E-state index in [1.54, 1.807) is 6.07 Å². The zero-order chi connectivity index (χ0) is 15.6. The first-order valence-electron chi connectivity index (χ1n) is 5.75. The summed E-state index contributed by atoms with van der Waals surface area (Å²) in [6, 6.07) is 9.09. The third-order valence-electron chi connectivity index (χ3n) is 2.67. The van der Waals surface area contributed by atoms with E-state index in [9.17, 15) is 27.5 Å². The fourth-order valence-corrected chi connectivity index (χ4v) is 1.81. The molecule has 0 fully saturated rings. The maximum absolute atomic E-state index is 13.4. The van der Waals surface area contributed by atoms with Crippen molar-refractivity contribution < 1.29 is 27.5 Å². The number of benzene rings is 2. The highest BCUT2D eigenvalue weighted by Gasteiger charge is 2.32. The number of para-hydroxylation sites is 1. The van der Waals surface area contributed by atoms with Crippen molar-refractivity contribution in [3.8, 4) is 0 Å². The number of hydrogen-bond donors (Lipinski definition) is 1. The van der Waals surface area contributed by atoms with Crippen molar-refractivity contribution in [2.45, 2.75) is 6.18 Å². The minimum Gasteiger partial charge on any atom is -0.464 e. The zero-order valence-electron chi connectivity index (χ0n) is 10.4. The molecule has 0 unspecified atom stereocenters. The SMILES string of the molecule is O=C(O)N(c1ccccc1)c1cc(F)cc(C(F)(F)F)c1. The van der Waals surface area contributed by atoms with Crippen molar-refractivity contribution in [2.75, 3.05) is 4.90 Å². The lowest BCUT2D eigenvalue weighted by Crippen LogP contribution is -2.24. The van der Waals surface area contributed by atoms with Crippen LogP contribution in [0.2, 0.25) is 0 Å². The molecule has 0 aliphatic rings. The lowest BCUT2D eigenvalue weighted by atomic mass is 10.1. The summed E-state index contributed by atoms with van der Waals surface area (Å²) in [5.74, 6) is -1.16. The summed E-state index contributed by atoms with van der Waals surface area (Å²) in [6.07, 6.45) is -6.28. The third kappa shape index (κ3) is 3.31. The van der Waals surface area contributed by atoms with Crippen LogP contribution in [-0.4, -0.2) is 11.2 Å². The van der Waals surface area contributed by atoms with Crippen LogP contribution in [0.5, 0.6) is 0 Å². The molecule has 2 rings (SSSR count). The minimum atomic E-state index is -4.77. The Labute approximate surface area is 117 Å². The number of nitrogens with zero attached hydrogens (tertiary/aromatic N) is 1. The Morgan fingerprint density at radius 3 is 2.14 bits per heavy atom. The number of rotatable bonds is 2. The van der Waals surface area contributed by atoms with Gasteiger partial charge < -0.3 is 5.11 Å². The molecule has 0 bridgehead atoms. The smallest absolute Gasteiger partial charge is 0.416 e. The number of hydrogen-bond acceptors (Lipinski definition) is 1. The predicted molar refractivity (Wildman–Crippen MR) is 68.0 cm³/mol. The van der Waals surface area contributed by atoms with Gasteiger partial charge in [-0.1, -0.05) is 18.2 Å². The van der Waals surface area contributed by atoms with Gasteiger partial charge in [-0.3, -0.25) is 0 Å². The molecule has 0 saturated heterocycles. The van der Waals surface area contributed by atoms with Crippen molar-refractivity contribution in [2.24, 2.45) is 0 Å². The molecule has 0 spiro atoms. The van der Waals surface area contributed by atoms with Gasteiger partial charge in [0.05, 0.1) is 16.9 Å². The molecule has 0 atom stereocenters. The molecule has 7 heteroatoms. The normalized spacial score (nSPS) is 11.2. The van der Waals surface area contributed by atoms with Gasteiger partial charge in [0.2, 0.25) is 0 Å². The van der Waals surface area contributed by atoms with Gasteiger partial charge in [-0.25, -0.2) is 14.1 Å². The molecule has 0 aliphatic carbocycles. The van der Waals surface area contributed by atoms with Crippen LogP contribution in [0, 0.1) is 5.82 Å². The summed E-state index contributed by atoms with van der Waals surface area (Å²) in [4.78, 5) is 11.9. The summed E-state index contributed by atoms with van der Waals surface area (Å²) in [6.45, 7) is 0. The molecule has 0 aliphatic heterocycles. The van der Waals surface area contributed by atoms with E-state index in [-0.39, 0.29) is 5.69 Å². The molecule has 2 aromatic carbocycles. The monoisotopic (exact) mass is 299 g/mol. The zero-order valence-corrected chi connectivity index (χ0v) is 10.4. The van der Waals surface area contributed by atoms with Gasteiger partial charge in [-0.15, -0.1) is 0 Å². The number of alkyl halides is 3. The maximum atomic E-state index is 13.4. The van der Waals surface area contributed by atoms with Crippen molar-refractivity contribution >= 4 is 17.5 Å². The van der Waals surface area contributed by atoms with Crippen molar-refractivity contribution in [1.82, 2.24) is 0 Å². The molecular weight excluding hydrogens is 290 g/mol. The van der Waals surface area contributed by atoms with Crippen LogP contribution in [0.15, 0.2) is 48.5 Å². The highest BCUT2D eigenvalue weighted by atomic mass is 19.4. The Morgan fingerprint density at radius 1 is 1.00 bits per heavy atom. The van der Waals surface area contributed by atoms with E-state index in [2.05, 4.69) is 0 Å². The summed E-state index contributed by atoms with van der Waals surface area (Å²) in [7, 11) is 0. The topological polar surface area (TPSA) is 40.5 Å². The Balaban J connectivity index is 2.57. The van der Waals surface area contributed by atoms with E-state index in [1.165, 1.54) is 24.3 Å². The summed E-state index contributed by atoms with van der Waals surface area (Å²) >= 11 is 0. The molecule has 0 heterocycles. The fourth-order valence-electron chi connectivity index (χ4n) is 1.81. The quantitative estimate of drug-likeness (QED) is 0.819. The van der Waals surface area contributed by atoms with Gasteiger partial charge in [0, 0.05) is 0 Å². The number of halogens is 4. The second-order valence-electron chi connectivity index (χ2n) is 4.15. The fraction of sp³-hybridized carbons (Fsp3) is 0.0714. The van der Waals surface area contributed by atoms with E-state index >= 15 is 0 Å². The number of carbonyl (C=O) groups is 1. The van der Waals surface area contributed by atoms with E-state index in [1.807, 2.05) is 0 Å². The highest BCUT2D eigenvalue weighted by molar-refractivity contribution is 5.94. The molecule has 0 saturated carbocycles. The van der Waals surface area contributed by atoms with Crippen LogP contribution in [0.1, 0.15) is 5.56 Å². The molecule has 3 nitrogen and oxygen atoms in total. The van der Waals surface area contributed by atoms with Gasteiger partial charge in [-0.2, -0.15) is 13.2 Å². The Bertz CT molecular complexity index is 656. The molecule has 0 radical (unpaired) electrons. The van der Waals surface area contributed by atoms with Gasteiger partial charge in [0.15, 0.2) is 0 Å². The second kappa shape index (κ2) is 5.43. The molecule has 1 amide bonds. The minimum absolute atomic E-state index is 0.115. The van der Waals surface area contributed by atoms with Crippen LogP contribution >= 0.6 is 0 Å². The van der Waals surface area contributed by atoms with Gasteiger partial charge in [0.1, 0.15) is 5.82 Å². The second-order valence-corrected chi connectivity index (χ2v) is 4.15. The third-order valence-corrected chi connectivity index (χ3v) is 2.67. The van der Waals surface area contributed by atoms with Crippen molar-refractivity contribution in [3.63, 3.8) is 0 Å². The summed E-state index contributed by atoms with van der Waals surface area (Å²) in [5.41, 5.74) is -1.55. The molecule has 110 valence electrons. The molecular formula is C14H9F4NO2. The van der Waals surface area contributed by atoms with E-state index in [4.69, 9.17) is 0 Å². The molecule has 21 heavy (non-hydrogen) atoms. The number of amides is 1. The van der Waals surface area contributed by atoms with Crippen LogP contribution in [0.3, 0.4) is 0 Å². The standard InChI is InChI=1S/C14H9F4NO2/c15-10-6-9(14(16,17)18)7-12(8-10)19(13(20)21)11-4-2-1-3-5-11/h1-8H,(H,20,21). The van der Waals surface area contributed by atoms with Crippen LogP contribution in [0.25, 0.3) is 0 Å². The number of carboxylic acid groups (broad SMARTS) is 1. The van der Waals surface area contributed by atoms with E-state index in [0.29, 0.717) is 17.0 Å². The number of anilines is 2. The predicted octanol–water partition coefficient (Wildman–Crippen LogP) is 4.66. The Hall–Kier alpha value is -2.57.